The molecule has 21 heavy (non-hydrogen) atoms. The van der Waals surface area contributed by atoms with Crippen LogP contribution in [0.25, 0.3) is 0 Å². The fourth-order valence-electron chi connectivity index (χ4n) is 3.10. The van der Waals surface area contributed by atoms with Gasteiger partial charge in [0.05, 0.1) is 0 Å². The van der Waals surface area contributed by atoms with Crippen LogP contribution in [-0.4, -0.2) is 12.1 Å². The van der Waals surface area contributed by atoms with Gasteiger partial charge in [-0.1, -0.05) is 31.9 Å². The highest BCUT2D eigenvalue weighted by Crippen LogP contribution is 2.25. The molecule has 0 aromatic heterocycles. The third-order valence-electron chi connectivity index (χ3n) is 4.42. The molecule has 0 heterocycles. The summed E-state index contributed by atoms with van der Waals surface area (Å²) in [6.07, 6.45) is 6.56. The van der Waals surface area contributed by atoms with Gasteiger partial charge in [0, 0.05) is 17.8 Å². The molecule has 2 amide bonds. The Morgan fingerprint density at radius 3 is 2.57 bits per heavy atom. The Bertz CT molecular complexity index is 458. The van der Waals surface area contributed by atoms with Gasteiger partial charge >= 0.3 is 6.03 Å². The fourth-order valence-corrected chi connectivity index (χ4v) is 3.10. The number of carbonyl (C=O) groups is 1. The minimum absolute atomic E-state index is 0.325. The van der Waals surface area contributed by atoms with Crippen LogP contribution in [0.3, 0.4) is 0 Å². The van der Waals surface area contributed by atoms with E-state index in [1.807, 2.05) is 24.3 Å². The lowest BCUT2D eigenvalue weighted by molar-refractivity contribution is 0.259. The Labute approximate surface area is 127 Å². The largest absolute Gasteiger partial charge is 0.351 e. The number of carbonyl (C=O) groups excluding carboxylic acids is 1. The fraction of sp³-hybridized carbons (Fsp3) is 0.588. The quantitative estimate of drug-likeness (QED) is 0.738. The van der Waals surface area contributed by atoms with Gasteiger partial charge in [0.25, 0.3) is 0 Å². The summed E-state index contributed by atoms with van der Waals surface area (Å²) in [5, 5.41) is 6.33. The van der Waals surface area contributed by atoms with Gasteiger partial charge in [0.15, 0.2) is 0 Å². The zero-order chi connectivity index (χ0) is 15.2. The van der Waals surface area contributed by atoms with Crippen LogP contribution >= 0.6 is 0 Å². The van der Waals surface area contributed by atoms with Gasteiger partial charge in [-0.2, -0.15) is 0 Å². The predicted octanol–water partition coefficient (Wildman–Crippen LogP) is 3.80. The van der Waals surface area contributed by atoms with E-state index in [9.17, 15) is 4.79 Å². The lowest BCUT2D eigenvalue weighted by Crippen LogP contribution is -2.31. The molecular weight excluding hydrogens is 262 g/mol. The number of amides is 2. The van der Waals surface area contributed by atoms with Crippen molar-refractivity contribution in [2.45, 2.75) is 58.0 Å². The molecule has 0 saturated heterocycles. The van der Waals surface area contributed by atoms with E-state index in [0.717, 1.165) is 11.6 Å². The molecule has 0 aliphatic heterocycles. The third kappa shape index (κ3) is 5.05. The second kappa shape index (κ2) is 7.46. The van der Waals surface area contributed by atoms with Crippen molar-refractivity contribution >= 4 is 11.7 Å². The topological polar surface area (TPSA) is 67.2 Å². The molecule has 0 bridgehead atoms. The lowest BCUT2D eigenvalue weighted by atomic mass is 10.0. The van der Waals surface area contributed by atoms with E-state index in [1.54, 1.807) is 0 Å². The van der Waals surface area contributed by atoms with Crippen molar-refractivity contribution < 1.29 is 4.79 Å². The Hall–Kier alpha value is -1.55. The van der Waals surface area contributed by atoms with Gasteiger partial charge in [-0.25, -0.2) is 4.79 Å². The first kappa shape index (κ1) is 15.8. The number of anilines is 1. The maximum absolute atomic E-state index is 10.8. The predicted molar refractivity (Wildman–Crippen MR) is 87.2 cm³/mol. The van der Waals surface area contributed by atoms with Crippen molar-refractivity contribution in [1.29, 1.82) is 0 Å². The molecule has 4 nitrogen and oxygen atoms in total. The van der Waals surface area contributed by atoms with Crippen molar-refractivity contribution in [2.75, 3.05) is 5.32 Å². The number of urea groups is 1. The Kier molecular flexibility index (Phi) is 5.62. The van der Waals surface area contributed by atoms with E-state index in [4.69, 9.17) is 5.73 Å². The van der Waals surface area contributed by atoms with Crippen molar-refractivity contribution in [2.24, 2.45) is 11.7 Å². The molecule has 1 aliphatic carbocycles. The average Bonchev–Trinajstić information content (AvgIpc) is 2.64. The molecule has 3 unspecified atom stereocenters. The summed E-state index contributed by atoms with van der Waals surface area (Å²) in [5.41, 5.74) is 7.09. The van der Waals surface area contributed by atoms with E-state index < -0.39 is 6.03 Å². The molecule has 3 atom stereocenters. The minimum Gasteiger partial charge on any atom is -0.351 e. The molecule has 1 fully saturated rings. The number of benzene rings is 1. The van der Waals surface area contributed by atoms with Gasteiger partial charge in [0.2, 0.25) is 0 Å². The number of nitrogens with two attached hydrogens (primary N) is 1. The maximum atomic E-state index is 10.8. The summed E-state index contributed by atoms with van der Waals surface area (Å²) >= 11 is 0. The van der Waals surface area contributed by atoms with E-state index in [0.29, 0.717) is 12.1 Å². The van der Waals surface area contributed by atoms with Crippen LogP contribution in [0.1, 0.15) is 57.6 Å². The van der Waals surface area contributed by atoms with E-state index in [1.165, 1.54) is 37.7 Å². The molecule has 2 rings (SSSR count). The van der Waals surface area contributed by atoms with E-state index >= 15 is 0 Å². The number of hydrogen-bond donors (Lipinski definition) is 3. The Balaban J connectivity index is 1.90. The molecule has 0 spiro atoms. The number of primary amides is 1. The van der Waals surface area contributed by atoms with Gasteiger partial charge in [-0.3, -0.25) is 0 Å². The molecule has 1 aromatic carbocycles. The summed E-state index contributed by atoms with van der Waals surface area (Å²) in [7, 11) is 0. The van der Waals surface area contributed by atoms with Crippen LogP contribution in [0.2, 0.25) is 0 Å². The monoisotopic (exact) mass is 289 g/mol. The zero-order valence-corrected chi connectivity index (χ0v) is 13.1. The summed E-state index contributed by atoms with van der Waals surface area (Å²) in [6, 6.07) is 8.30. The van der Waals surface area contributed by atoms with Crippen molar-refractivity contribution in [1.82, 2.24) is 5.32 Å². The smallest absolute Gasteiger partial charge is 0.316 e. The van der Waals surface area contributed by atoms with Gasteiger partial charge in [-0.05, 0) is 49.8 Å². The molecule has 1 aromatic rings. The molecule has 4 N–H and O–H groups in total. The molecule has 116 valence electrons. The normalized spacial score (nSPS) is 24.1. The lowest BCUT2D eigenvalue weighted by Gasteiger charge is -2.22. The molecule has 1 aliphatic rings. The summed E-state index contributed by atoms with van der Waals surface area (Å²) in [6.45, 7) is 4.56. The zero-order valence-electron chi connectivity index (χ0n) is 13.1. The van der Waals surface area contributed by atoms with Gasteiger partial charge < -0.3 is 16.4 Å². The summed E-state index contributed by atoms with van der Waals surface area (Å²) < 4.78 is 0. The van der Waals surface area contributed by atoms with E-state index in [2.05, 4.69) is 24.5 Å². The molecule has 4 heteroatoms. The maximum Gasteiger partial charge on any atom is 0.316 e. The summed E-state index contributed by atoms with van der Waals surface area (Å²) in [5.74, 6) is 0.867. The number of rotatable bonds is 4. The molecule has 0 radical (unpaired) electrons. The van der Waals surface area contributed by atoms with Crippen molar-refractivity contribution in [3.05, 3.63) is 29.8 Å². The van der Waals surface area contributed by atoms with E-state index in [-0.39, 0.29) is 0 Å². The first-order valence-corrected chi connectivity index (χ1v) is 7.97. The third-order valence-corrected chi connectivity index (χ3v) is 4.42. The summed E-state index contributed by atoms with van der Waals surface area (Å²) in [4.78, 5) is 10.8. The highest BCUT2D eigenvalue weighted by atomic mass is 16.2. The van der Waals surface area contributed by atoms with Crippen molar-refractivity contribution in [3.63, 3.8) is 0 Å². The average molecular weight is 289 g/mol. The second-order valence-corrected chi connectivity index (χ2v) is 6.31. The Morgan fingerprint density at radius 1 is 1.19 bits per heavy atom. The van der Waals surface area contributed by atoms with Crippen LogP contribution in [0.5, 0.6) is 0 Å². The highest BCUT2D eigenvalue weighted by Gasteiger charge is 2.18. The van der Waals surface area contributed by atoms with Crippen LogP contribution in [0.4, 0.5) is 10.5 Å². The van der Waals surface area contributed by atoms with Crippen LogP contribution < -0.4 is 16.4 Å². The SMILES string of the molecule is CC1CCCC(NC(C)c2ccc(NC(N)=O)cc2)CC1. The number of nitrogens with one attached hydrogen (secondary N) is 2. The van der Waals surface area contributed by atoms with Gasteiger partial charge in [0.1, 0.15) is 0 Å². The van der Waals surface area contributed by atoms with Gasteiger partial charge in [-0.15, -0.1) is 0 Å². The molecule has 1 saturated carbocycles. The first-order chi connectivity index (χ1) is 10.0. The molecular formula is C17H27N3O. The Morgan fingerprint density at radius 2 is 1.90 bits per heavy atom. The standard InChI is InChI=1S/C17H27N3O/c1-12-4-3-5-15(9-6-12)19-13(2)14-7-10-16(11-8-14)20-17(18)21/h7-8,10-13,15,19H,3-6,9H2,1-2H3,(H3,18,20,21). The van der Waals surface area contributed by atoms with Crippen molar-refractivity contribution in [3.8, 4) is 0 Å². The first-order valence-electron chi connectivity index (χ1n) is 7.97. The number of hydrogen-bond acceptors (Lipinski definition) is 2. The van der Waals surface area contributed by atoms with Crippen LogP contribution in [0.15, 0.2) is 24.3 Å². The minimum atomic E-state index is -0.526. The second-order valence-electron chi connectivity index (χ2n) is 6.31. The highest BCUT2D eigenvalue weighted by molar-refractivity contribution is 5.87. The van der Waals surface area contributed by atoms with Crippen LogP contribution in [-0.2, 0) is 0 Å². The van der Waals surface area contributed by atoms with Crippen LogP contribution in [0, 0.1) is 5.92 Å².